The Morgan fingerprint density at radius 2 is 0.836 bits per heavy atom. The first kappa shape index (κ1) is 46.9. The molecule has 0 amide bonds. The van der Waals surface area contributed by atoms with Crippen molar-refractivity contribution in [2.24, 2.45) is 0 Å². The van der Waals surface area contributed by atoms with Crippen LogP contribution in [0.5, 0.6) is 23.0 Å². The van der Waals surface area contributed by atoms with Gasteiger partial charge in [0.15, 0.2) is 0 Å². The predicted octanol–water partition coefficient (Wildman–Crippen LogP) is 12.2. The van der Waals surface area contributed by atoms with Gasteiger partial charge in [0.2, 0.25) is 19.7 Å². The first-order chi connectivity index (χ1) is 32.1. The zero-order chi connectivity index (χ0) is 47.3. The smallest absolute Gasteiger partial charge is 0.295 e. The van der Waals surface area contributed by atoms with Crippen LogP contribution >= 0.6 is 12.0 Å². The summed E-state index contributed by atoms with van der Waals surface area (Å²) in [7, 11) is -12.2. The molecule has 0 saturated heterocycles. The normalized spacial score (nSPS) is 11.9. The third kappa shape index (κ3) is 11.0. The van der Waals surface area contributed by atoms with Gasteiger partial charge in [-0.3, -0.25) is 4.55 Å². The van der Waals surface area contributed by atoms with E-state index in [-0.39, 0.29) is 36.5 Å². The fourth-order valence-corrected chi connectivity index (χ4v) is 11.1. The standard InChI is InChI=1S/C51H40O12S4/c1-34-3-21-44(22-4-34)65(53,54)46-25-17-42(18-26-46)60-40-13-9-38(10-14-40)39-11-15-41(16-12-39)61-43-19-27-47(28-20-43)66(55,56)45-23-6-36(7-24-45)32-37-8-30-49(51(33-37)67(57,58)59)48-29-5-35(2)31-50(48)64-63-62-52/h3-31,33,52H,32H2,1-2H3,(H,57,58,59). The van der Waals surface area contributed by atoms with Crippen LogP contribution < -0.4 is 9.47 Å². The van der Waals surface area contributed by atoms with Crippen LogP contribution in [0.4, 0.5) is 0 Å². The van der Waals surface area contributed by atoms with Crippen molar-refractivity contribution in [3.05, 3.63) is 204 Å². The molecule has 8 rings (SSSR count). The van der Waals surface area contributed by atoms with Crippen molar-refractivity contribution < 1.29 is 53.9 Å². The maximum absolute atomic E-state index is 13.6. The van der Waals surface area contributed by atoms with Gasteiger partial charge in [-0.05, 0) is 163 Å². The molecule has 16 heteroatoms. The quantitative estimate of drug-likeness (QED) is 0.0404. The van der Waals surface area contributed by atoms with E-state index in [2.05, 4.69) is 9.37 Å². The Balaban J connectivity index is 0.876. The molecule has 0 aliphatic carbocycles. The average molecular weight is 973 g/mol. The lowest BCUT2D eigenvalue weighted by Gasteiger charge is -2.14. The molecule has 8 aromatic rings. The Bertz CT molecular complexity index is 3380. The molecule has 0 fully saturated rings. The molecule has 8 aromatic carbocycles. The summed E-state index contributed by atoms with van der Waals surface area (Å²) < 4.78 is 105. The van der Waals surface area contributed by atoms with Crippen molar-refractivity contribution >= 4 is 41.8 Å². The summed E-state index contributed by atoms with van der Waals surface area (Å²) in [4.78, 5) is 0.633. The molecular weight excluding hydrogens is 933 g/mol. The fraction of sp³-hybridized carbons (Fsp3) is 0.0588. The Hall–Kier alpha value is -6.60. The second kappa shape index (κ2) is 19.7. The summed E-state index contributed by atoms with van der Waals surface area (Å²) in [6.45, 7) is 3.72. The van der Waals surface area contributed by atoms with Crippen LogP contribution in [0.15, 0.2) is 211 Å². The van der Waals surface area contributed by atoms with E-state index >= 15 is 0 Å². The van der Waals surface area contributed by atoms with E-state index in [0.29, 0.717) is 56.6 Å². The van der Waals surface area contributed by atoms with Crippen LogP contribution in [0, 0.1) is 13.8 Å². The number of aryl methyl sites for hydroxylation is 2. The van der Waals surface area contributed by atoms with Gasteiger partial charge in [-0.25, -0.2) is 22.1 Å². The molecule has 0 aromatic heterocycles. The summed E-state index contributed by atoms with van der Waals surface area (Å²) in [6, 6.07) is 50.0. The first-order valence-corrected chi connectivity index (χ1v) is 25.5. The van der Waals surface area contributed by atoms with E-state index in [4.69, 9.17) is 14.7 Å². The number of rotatable bonds is 16. The molecule has 0 saturated carbocycles. The Kier molecular flexibility index (Phi) is 13.8. The van der Waals surface area contributed by atoms with E-state index in [9.17, 15) is 29.8 Å². The molecule has 0 aliphatic rings. The number of hydrogen-bond donors (Lipinski definition) is 2. The van der Waals surface area contributed by atoms with E-state index in [1.165, 1.54) is 42.5 Å². The third-order valence-corrected chi connectivity index (χ3v) is 15.8. The third-order valence-electron chi connectivity index (χ3n) is 10.7. The highest BCUT2D eigenvalue weighted by Gasteiger charge is 2.22. The zero-order valence-electron chi connectivity index (χ0n) is 35.6. The zero-order valence-corrected chi connectivity index (χ0v) is 38.9. The first-order valence-electron chi connectivity index (χ1n) is 20.4. The van der Waals surface area contributed by atoms with Crippen LogP contribution in [-0.4, -0.2) is 35.1 Å². The van der Waals surface area contributed by atoms with Gasteiger partial charge in [-0.2, -0.15) is 8.42 Å². The summed E-state index contributed by atoms with van der Waals surface area (Å²) in [5, 5.41) is 12.4. The van der Waals surface area contributed by atoms with E-state index < -0.39 is 29.8 Å². The number of hydrogen-bond acceptors (Lipinski definition) is 12. The average Bonchev–Trinajstić information content (AvgIpc) is 3.32. The maximum atomic E-state index is 13.6. The van der Waals surface area contributed by atoms with Crippen LogP contribution in [0.25, 0.3) is 22.3 Å². The van der Waals surface area contributed by atoms with Gasteiger partial charge in [0, 0.05) is 10.5 Å². The van der Waals surface area contributed by atoms with Crippen molar-refractivity contribution in [3.8, 4) is 45.3 Å². The monoisotopic (exact) mass is 972 g/mol. The fourth-order valence-electron chi connectivity index (χ4n) is 7.17. The lowest BCUT2D eigenvalue weighted by Crippen LogP contribution is -2.04. The number of ether oxygens (including phenoxy) is 2. The van der Waals surface area contributed by atoms with E-state index in [1.54, 1.807) is 103 Å². The second-order valence-electron chi connectivity index (χ2n) is 15.4. The van der Waals surface area contributed by atoms with Crippen LogP contribution in [0.2, 0.25) is 0 Å². The summed E-state index contributed by atoms with van der Waals surface area (Å²) in [5.74, 6) is 2.05. The van der Waals surface area contributed by atoms with Crippen molar-refractivity contribution in [2.75, 3.05) is 0 Å². The van der Waals surface area contributed by atoms with Crippen molar-refractivity contribution in [2.45, 2.75) is 49.6 Å². The highest BCUT2D eigenvalue weighted by molar-refractivity contribution is 7.94. The van der Waals surface area contributed by atoms with Crippen LogP contribution in [-0.2, 0) is 45.6 Å². The Labute approximate surface area is 392 Å². The molecule has 0 spiro atoms. The topological polar surface area (TPSA) is 180 Å². The summed E-state index contributed by atoms with van der Waals surface area (Å²) in [5.41, 5.74) is 5.53. The molecule has 2 N–H and O–H groups in total. The van der Waals surface area contributed by atoms with Gasteiger partial charge in [0.1, 0.15) is 27.9 Å². The highest BCUT2D eigenvalue weighted by Crippen LogP contribution is 2.38. The van der Waals surface area contributed by atoms with Gasteiger partial charge in [-0.1, -0.05) is 83.4 Å². The molecule has 0 bridgehead atoms. The van der Waals surface area contributed by atoms with Gasteiger partial charge >= 0.3 is 0 Å². The van der Waals surface area contributed by atoms with Crippen molar-refractivity contribution in [3.63, 3.8) is 0 Å². The predicted molar refractivity (Wildman–Crippen MR) is 253 cm³/mol. The van der Waals surface area contributed by atoms with Gasteiger partial charge < -0.3 is 9.47 Å². The van der Waals surface area contributed by atoms with E-state index in [1.807, 2.05) is 50.2 Å². The molecule has 12 nitrogen and oxygen atoms in total. The molecule has 0 unspecified atom stereocenters. The number of sulfone groups is 2. The molecule has 0 heterocycles. The maximum Gasteiger partial charge on any atom is 0.295 e. The lowest BCUT2D eigenvalue weighted by molar-refractivity contribution is -0.432. The largest absolute Gasteiger partial charge is 0.457 e. The van der Waals surface area contributed by atoms with Gasteiger partial charge in [0.05, 0.1) is 31.6 Å². The molecular formula is C51H40O12S4. The minimum Gasteiger partial charge on any atom is -0.457 e. The molecule has 0 aliphatic heterocycles. The SMILES string of the molecule is Cc1ccc(S(=O)(=O)c2ccc(Oc3ccc(-c4ccc(Oc5ccc(S(=O)(=O)c6ccc(Cc7ccc(-c8ccc(C)cc8SOOO)c(S(=O)(=O)O)c7)cc6)cc5)cc4)cc3)cc2)cc1. The highest BCUT2D eigenvalue weighted by atomic mass is 32.2. The molecule has 67 heavy (non-hydrogen) atoms. The lowest BCUT2D eigenvalue weighted by atomic mass is 9.99. The van der Waals surface area contributed by atoms with Gasteiger partial charge in [0.25, 0.3) is 10.1 Å². The molecule has 340 valence electrons. The minimum absolute atomic E-state index is 0.0633. The van der Waals surface area contributed by atoms with Crippen molar-refractivity contribution in [1.29, 1.82) is 0 Å². The van der Waals surface area contributed by atoms with Crippen LogP contribution in [0.1, 0.15) is 22.3 Å². The molecule has 0 atom stereocenters. The summed E-state index contributed by atoms with van der Waals surface area (Å²) in [6.07, 6.45) is 0.235. The van der Waals surface area contributed by atoms with Gasteiger partial charge in [-0.15, -0.1) is 4.33 Å². The summed E-state index contributed by atoms with van der Waals surface area (Å²) >= 11 is 0.669. The Morgan fingerprint density at radius 1 is 0.448 bits per heavy atom. The minimum atomic E-state index is -4.69. The van der Waals surface area contributed by atoms with Crippen LogP contribution in [0.3, 0.4) is 0 Å². The second-order valence-corrected chi connectivity index (χ2v) is 21.4. The molecule has 0 radical (unpaired) electrons. The van der Waals surface area contributed by atoms with Crippen molar-refractivity contribution in [1.82, 2.24) is 0 Å². The van der Waals surface area contributed by atoms with E-state index in [0.717, 1.165) is 22.3 Å². The Morgan fingerprint density at radius 3 is 1.28 bits per heavy atom. The number of benzene rings is 8.